The van der Waals surface area contributed by atoms with Crippen molar-refractivity contribution in [2.75, 3.05) is 6.61 Å². The van der Waals surface area contributed by atoms with E-state index in [1.807, 2.05) is 43.3 Å². The number of hydrogen-bond acceptors (Lipinski definition) is 5. The van der Waals surface area contributed by atoms with Gasteiger partial charge in [0.25, 0.3) is 0 Å². The fourth-order valence-electron chi connectivity index (χ4n) is 4.35. The molecule has 180 valence electrons. The standard InChI is InChI=1S/C27H27N3O5/c1-2-7-24(25(31)29-15-18-14-17(26(32)33)12-13-28-18)30-27(34)35-16-23-21-10-5-3-8-19(21)20-9-4-6-11-22(20)23/h3-6,8-14,23-24H,2,7,15-16H2,1H3,(H,29,31)(H,30,34)(H,32,33)/t24-/m0/s1. The second kappa shape index (κ2) is 10.8. The van der Waals surface area contributed by atoms with Gasteiger partial charge in [-0.15, -0.1) is 0 Å². The number of nitrogens with zero attached hydrogens (tertiary/aromatic N) is 1. The molecule has 1 atom stereocenters. The lowest BCUT2D eigenvalue weighted by Gasteiger charge is -2.19. The van der Waals surface area contributed by atoms with Crippen LogP contribution in [-0.4, -0.2) is 40.7 Å². The minimum absolute atomic E-state index is 0.0482. The summed E-state index contributed by atoms with van der Waals surface area (Å²) < 4.78 is 5.56. The molecule has 2 aromatic carbocycles. The van der Waals surface area contributed by atoms with Crippen LogP contribution in [0.3, 0.4) is 0 Å². The highest BCUT2D eigenvalue weighted by Gasteiger charge is 2.29. The van der Waals surface area contributed by atoms with Crippen LogP contribution in [0.15, 0.2) is 66.9 Å². The van der Waals surface area contributed by atoms with Crippen molar-refractivity contribution in [1.82, 2.24) is 15.6 Å². The SMILES string of the molecule is CCC[C@H](NC(=O)OCC1c2ccccc2-c2ccccc21)C(=O)NCc1cc(C(=O)O)ccn1. The number of nitrogens with one attached hydrogen (secondary N) is 2. The Bertz CT molecular complexity index is 1200. The highest BCUT2D eigenvalue weighted by molar-refractivity contribution is 5.88. The Kier molecular flexibility index (Phi) is 7.40. The Balaban J connectivity index is 1.36. The van der Waals surface area contributed by atoms with Gasteiger partial charge in [-0.25, -0.2) is 9.59 Å². The van der Waals surface area contributed by atoms with Gasteiger partial charge in [0.2, 0.25) is 5.91 Å². The molecule has 0 spiro atoms. The molecule has 1 heterocycles. The molecular formula is C27H27N3O5. The topological polar surface area (TPSA) is 118 Å². The molecule has 3 aromatic rings. The third kappa shape index (κ3) is 5.48. The largest absolute Gasteiger partial charge is 0.478 e. The third-order valence-corrected chi connectivity index (χ3v) is 6.04. The first-order valence-electron chi connectivity index (χ1n) is 11.6. The van der Waals surface area contributed by atoms with Crippen molar-refractivity contribution < 1.29 is 24.2 Å². The number of carboxylic acid groups (broad SMARTS) is 1. The summed E-state index contributed by atoms with van der Waals surface area (Å²) in [5.74, 6) is -1.53. The third-order valence-electron chi connectivity index (χ3n) is 6.04. The van der Waals surface area contributed by atoms with Gasteiger partial charge < -0.3 is 20.5 Å². The average Bonchev–Trinajstić information content (AvgIpc) is 3.19. The van der Waals surface area contributed by atoms with Crippen LogP contribution in [0.1, 0.15) is 52.9 Å². The fourth-order valence-corrected chi connectivity index (χ4v) is 4.35. The molecule has 8 nitrogen and oxygen atoms in total. The lowest BCUT2D eigenvalue weighted by atomic mass is 9.98. The first-order chi connectivity index (χ1) is 17.0. The van der Waals surface area contributed by atoms with E-state index in [2.05, 4.69) is 27.8 Å². The Hall–Kier alpha value is -4.20. The summed E-state index contributed by atoms with van der Waals surface area (Å²) in [6.07, 6.45) is 1.82. The molecule has 8 heteroatoms. The van der Waals surface area contributed by atoms with E-state index in [-0.39, 0.29) is 30.5 Å². The minimum atomic E-state index is -1.07. The van der Waals surface area contributed by atoms with Crippen LogP contribution in [0.25, 0.3) is 11.1 Å². The smallest absolute Gasteiger partial charge is 0.407 e. The van der Waals surface area contributed by atoms with Gasteiger partial charge in [0, 0.05) is 12.1 Å². The predicted octanol–water partition coefficient (Wildman–Crippen LogP) is 4.10. The quantitative estimate of drug-likeness (QED) is 0.431. The molecule has 3 N–H and O–H groups in total. The number of fused-ring (bicyclic) bond motifs is 3. The molecule has 0 radical (unpaired) electrons. The van der Waals surface area contributed by atoms with Crippen LogP contribution in [-0.2, 0) is 16.1 Å². The van der Waals surface area contributed by atoms with Crippen molar-refractivity contribution in [1.29, 1.82) is 0 Å². The summed E-state index contributed by atoms with van der Waals surface area (Å²) in [4.78, 5) is 40.5. The van der Waals surface area contributed by atoms with Crippen LogP contribution in [0.4, 0.5) is 4.79 Å². The van der Waals surface area contributed by atoms with Gasteiger partial charge in [-0.2, -0.15) is 0 Å². The van der Waals surface area contributed by atoms with Gasteiger partial charge >= 0.3 is 12.1 Å². The highest BCUT2D eigenvalue weighted by Crippen LogP contribution is 2.44. The molecule has 1 aromatic heterocycles. The monoisotopic (exact) mass is 473 g/mol. The van der Waals surface area contributed by atoms with Gasteiger partial charge in [-0.1, -0.05) is 61.9 Å². The number of alkyl carbamates (subject to hydrolysis) is 1. The summed E-state index contributed by atoms with van der Waals surface area (Å²) in [5.41, 5.74) is 5.00. The first kappa shape index (κ1) is 23.9. The molecule has 0 saturated carbocycles. The first-order valence-corrected chi connectivity index (χ1v) is 11.6. The summed E-state index contributed by atoms with van der Waals surface area (Å²) in [6, 6.07) is 18.2. The van der Waals surface area contributed by atoms with E-state index in [0.29, 0.717) is 18.5 Å². The number of benzene rings is 2. The molecule has 0 fully saturated rings. The summed E-state index contributed by atoms with van der Waals surface area (Å²) in [7, 11) is 0. The highest BCUT2D eigenvalue weighted by atomic mass is 16.5. The van der Waals surface area contributed by atoms with Gasteiger partial charge in [0.05, 0.1) is 17.8 Å². The lowest BCUT2D eigenvalue weighted by molar-refractivity contribution is -0.123. The number of rotatable bonds is 9. The number of carboxylic acids is 1. The average molecular weight is 474 g/mol. The minimum Gasteiger partial charge on any atom is -0.478 e. The normalized spacial score (nSPS) is 12.8. The number of aromatic carboxylic acids is 1. The zero-order valence-corrected chi connectivity index (χ0v) is 19.4. The number of aromatic nitrogens is 1. The van der Waals surface area contributed by atoms with Crippen molar-refractivity contribution in [3.63, 3.8) is 0 Å². The molecule has 0 unspecified atom stereocenters. The van der Waals surface area contributed by atoms with Crippen molar-refractivity contribution in [2.24, 2.45) is 0 Å². The van der Waals surface area contributed by atoms with Gasteiger partial charge in [0.15, 0.2) is 0 Å². The Morgan fingerprint density at radius 1 is 1.03 bits per heavy atom. The van der Waals surface area contributed by atoms with E-state index in [0.717, 1.165) is 22.3 Å². The molecule has 0 bridgehead atoms. The molecular weight excluding hydrogens is 446 g/mol. The molecule has 4 rings (SSSR count). The summed E-state index contributed by atoms with van der Waals surface area (Å²) in [6.45, 7) is 2.12. The zero-order chi connectivity index (χ0) is 24.8. The van der Waals surface area contributed by atoms with Crippen molar-refractivity contribution in [2.45, 2.75) is 38.3 Å². The van der Waals surface area contributed by atoms with Crippen LogP contribution < -0.4 is 10.6 Å². The van der Waals surface area contributed by atoms with E-state index in [1.165, 1.54) is 18.3 Å². The molecule has 35 heavy (non-hydrogen) atoms. The second-order valence-electron chi connectivity index (χ2n) is 8.37. The lowest BCUT2D eigenvalue weighted by Crippen LogP contribution is -2.46. The van der Waals surface area contributed by atoms with Crippen LogP contribution in [0, 0.1) is 0 Å². The number of hydrogen-bond donors (Lipinski definition) is 3. The van der Waals surface area contributed by atoms with E-state index >= 15 is 0 Å². The van der Waals surface area contributed by atoms with Gasteiger partial charge in [-0.3, -0.25) is 9.78 Å². The van der Waals surface area contributed by atoms with Crippen LogP contribution in [0.5, 0.6) is 0 Å². The number of ether oxygens (including phenoxy) is 1. The van der Waals surface area contributed by atoms with Crippen molar-refractivity contribution in [3.05, 3.63) is 89.2 Å². The van der Waals surface area contributed by atoms with E-state index in [9.17, 15) is 14.4 Å². The predicted molar refractivity (Wildman–Crippen MR) is 130 cm³/mol. The molecule has 1 aliphatic rings. The number of carbonyl (C=O) groups is 3. The Morgan fingerprint density at radius 3 is 2.31 bits per heavy atom. The van der Waals surface area contributed by atoms with Crippen molar-refractivity contribution >= 4 is 18.0 Å². The number of carbonyl (C=O) groups excluding carboxylic acids is 2. The Morgan fingerprint density at radius 2 is 1.69 bits per heavy atom. The number of amides is 2. The maximum absolute atomic E-state index is 12.7. The van der Waals surface area contributed by atoms with Gasteiger partial charge in [-0.05, 0) is 40.8 Å². The Labute approximate surface area is 203 Å². The maximum atomic E-state index is 12.7. The van der Waals surface area contributed by atoms with E-state index in [4.69, 9.17) is 9.84 Å². The molecule has 0 aliphatic heterocycles. The summed E-state index contributed by atoms with van der Waals surface area (Å²) >= 11 is 0. The fraction of sp³-hybridized carbons (Fsp3) is 0.259. The molecule has 0 saturated heterocycles. The van der Waals surface area contributed by atoms with Gasteiger partial charge in [0.1, 0.15) is 12.6 Å². The zero-order valence-electron chi connectivity index (χ0n) is 19.4. The summed E-state index contributed by atoms with van der Waals surface area (Å²) in [5, 5.41) is 14.5. The number of pyridine rings is 1. The van der Waals surface area contributed by atoms with Crippen molar-refractivity contribution in [3.8, 4) is 11.1 Å². The van der Waals surface area contributed by atoms with E-state index in [1.54, 1.807) is 0 Å². The van der Waals surface area contributed by atoms with E-state index < -0.39 is 18.1 Å². The maximum Gasteiger partial charge on any atom is 0.407 e. The molecule has 1 aliphatic carbocycles. The molecule has 2 amide bonds. The second-order valence-corrected chi connectivity index (χ2v) is 8.37. The van der Waals surface area contributed by atoms with Crippen LogP contribution >= 0.6 is 0 Å². The van der Waals surface area contributed by atoms with Crippen LogP contribution in [0.2, 0.25) is 0 Å².